The fourth-order valence-corrected chi connectivity index (χ4v) is 1.91. The normalized spacial score (nSPS) is 11.9. The van der Waals surface area contributed by atoms with Crippen LogP contribution in [0.4, 0.5) is 10.1 Å². The van der Waals surface area contributed by atoms with Crippen molar-refractivity contribution in [1.82, 2.24) is 5.32 Å². The largest absolute Gasteiger partial charge is 0.480 e. The Morgan fingerprint density at radius 3 is 2.41 bits per heavy atom. The second-order valence-corrected chi connectivity index (χ2v) is 5.37. The number of nitrogens with one attached hydrogen (secondary N) is 2. The van der Waals surface area contributed by atoms with Gasteiger partial charge in [0.05, 0.1) is 5.56 Å². The first-order chi connectivity index (χ1) is 10.2. The highest BCUT2D eigenvalue weighted by Gasteiger charge is 2.23. The summed E-state index contributed by atoms with van der Waals surface area (Å²) in [5.74, 6) is -3.11. The van der Waals surface area contributed by atoms with Crippen molar-refractivity contribution in [3.63, 3.8) is 0 Å². The molecule has 0 saturated carbocycles. The number of carbonyl (C=O) groups excluding carboxylic acids is 2. The Labute approximate surface area is 127 Å². The first-order valence-electron chi connectivity index (χ1n) is 6.81. The third-order valence-electron chi connectivity index (χ3n) is 2.84. The summed E-state index contributed by atoms with van der Waals surface area (Å²) in [5.41, 5.74) is -0.0592. The van der Waals surface area contributed by atoms with Gasteiger partial charge >= 0.3 is 5.97 Å². The summed E-state index contributed by atoms with van der Waals surface area (Å²) in [5, 5.41) is 13.8. The first-order valence-corrected chi connectivity index (χ1v) is 6.81. The molecule has 22 heavy (non-hydrogen) atoms. The number of rotatable bonds is 6. The fourth-order valence-electron chi connectivity index (χ4n) is 1.91. The van der Waals surface area contributed by atoms with Crippen LogP contribution in [0.2, 0.25) is 0 Å². The van der Waals surface area contributed by atoms with Gasteiger partial charge in [-0.3, -0.25) is 9.59 Å². The van der Waals surface area contributed by atoms with Crippen LogP contribution in [0.3, 0.4) is 0 Å². The van der Waals surface area contributed by atoms with Gasteiger partial charge in [0.25, 0.3) is 5.91 Å². The number of benzene rings is 1. The molecule has 0 spiro atoms. The highest BCUT2D eigenvalue weighted by molar-refractivity contribution is 5.98. The lowest BCUT2D eigenvalue weighted by Crippen LogP contribution is -2.41. The van der Waals surface area contributed by atoms with E-state index in [-0.39, 0.29) is 29.5 Å². The smallest absolute Gasteiger partial charge is 0.326 e. The highest BCUT2D eigenvalue weighted by Crippen LogP contribution is 2.16. The molecule has 1 rings (SSSR count). The van der Waals surface area contributed by atoms with Gasteiger partial charge in [0.1, 0.15) is 11.9 Å². The zero-order valence-corrected chi connectivity index (χ0v) is 12.6. The lowest BCUT2D eigenvalue weighted by molar-refractivity contribution is -0.139. The predicted molar refractivity (Wildman–Crippen MR) is 79.0 cm³/mol. The van der Waals surface area contributed by atoms with E-state index in [1.165, 1.54) is 19.1 Å². The van der Waals surface area contributed by atoms with E-state index in [1.807, 2.05) is 13.8 Å². The summed E-state index contributed by atoms with van der Waals surface area (Å²) in [6.45, 7) is 4.92. The van der Waals surface area contributed by atoms with Gasteiger partial charge in [-0.2, -0.15) is 0 Å². The SMILES string of the molecule is CC(=O)Nc1ccc(F)c(C(=O)N[C@H](CC(C)C)C(=O)O)c1. The van der Waals surface area contributed by atoms with Crippen molar-refractivity contribution in [2.24, 2.45) is 5.92 Å². The van der Waals surface area contributed by atoms with Gasteiger partial charge in [0.2, 0.25) is 5.91 Å². The molecule has 0 radical (unpaired) electrons. The third kappa shape index (κ3) is 5.16. The summed E-state index contributed by atoms with van der Waals surface area (Å²) in [4.78, 5) is 34.2. The Hall–Kier alpha value is -2.44. The molecule has 0 aromatic heterocycles. The minimum atomic E-state index is -1.18. The minimum Gasteiger partial charge on any atom is -0.480 e. The first kappa shape index (κ1) is 17.6. The van der Waals surface area contributed by atoms with Gasteiger partial charge in [0, 0.05) is 12.6 Å². The maximum Gasteiger partial charge on any atom is 0.326 e. The quantitative estimate of drug-likeness (QED) is 0.749. The van der Waals surface area contributed by atoms with Crippen molar-refractivity contribution in [1.29, 1.82) is 0 Å². The van der Waals surface area contributed by atoms with Crippen molar-refractivity contribution < 1.29 is 23.9 Å². The van der Waals surface area contributed by atoms with Crippen LogP contribution in [0, 0.1) is 11.7 Å². The van der Waals surface area contributed by atoms with E-state index >= 15 is 0 Å². The van der Waals surface area contributed by atoms with E-state index in [2.05, 4.69) is 10.6 Å². The van der Waals surface area contributed by atoms with Crippen LogP contribution in [0.15, 0.2) is 18.2 Å². The van der Waals surface area contributed by atoms with Gasteiger partial charge in [-0.1, -0.05) is 13.8 Å². The summed E-state index contributed by atoms with van der Waals surface area (Å²) in [6.07, 6.45) is 0.230. The maximum absolute atomic E-state index is 13.8. The van der Waals surface area contributed by atoms with Gasteiger partial charge in [0.15, 0.2) is 0 Å². The van der Waals surface area contributed by atoms with Crippen LogP contribution in [0.1, 0.15) is 37.6 Å². The second kappa shape index (κ2) is 7.53. The molecule has 120 valence electrons. The molecule has 0 aliphatic rings. The molecule has 1 atom stereocenters. The number of hydrogen-bond donors (Lipinski definition) is 3. The number of carbonyl (C=O) groups is 3. The zero-order chi connectivity index (χ0) is 16.9. The number of hydrogen-bond acceptors (Lipinski definition) is 3. The van der Waals surface area contributed by atoms with Gasteiger partial charge in [-0.15, -0.1) is 0 Å². The van der Waals surface area contributed by atoms with Crippen LogP contribution in [-0.2, 0) is 9.59 Å². The lowest BCUT2D eigenvalue weighted by atomic mass is 10.0. The lowest BCUT2D eigenvalue weighted by Gasteiger charge is -2.17. The summed E-state index contributed by atoms with van der Waals surface area (Å²) >= 11 is 0. The second-order valence-electron chi connectivity index (χ2n) is 5.37. The van der Waals surface area contributed by atoms with Crippen molar-refractivity contribution >= 4 is 23.5 Å². The molecule has 2 amide bonds. The molecule has 0 aliphatic heterocycles. The van der Waals surface area contributed by atoms with Crippen LogP contribution in [0.25, 0.3) is 0 Å². The maximum atomic E-state index is 13.8. The Bertz CT molecular complexity index is 587. The zero-order valence-electron chi connectivity index (χ0n) is 12.6. The van der Waals surface area contributed by atoms with E-state index in [1.54, 1.807) is 0 Å². The Balaban J connectivity index is 2.96. The predicted octanol–water partition coefficient (Wildman–Crippen LogP) is 2.01. The molecule has 7 heteroatoms. The van der Waals surface area contributed by atoms with Gasteiger partial charge in [-0.05, 0) is 30.5 Å². The Kier molecular flexibility index (Phi) is 6.03. The van der Waals surface area contributed by atoms with E-state index in [0.29, 0.717) is 0 Å². The number of halogens is 1. The number of carboxylic acids is 1. The minimum absolute atomic E-state index is 0.0527. The summed E-state index contributed by atoms with van der Waals surface area (Å²) in [6, 6.07) is 2.42. The molecular formula is C15H19FN2O4. The van der Waals surface area contributed by atoms with Crippen LogP contribution >= 0.6 is 0 Å². The summed E-state index contributed by atoms with van der Waals surface area (Å²) in [7, 11) is 0. The average molecular weight is 310 g/mol. The Morgan fingerprint density at radius 2 is 1.91 bits per heavy atom. The molecule has 0 fully saturated rings. The van der Waals surface area contributed by atoms with Crippen molar-refractivity contribution in [2.75, 3.05) is 5.32 Å². The van der Waals surface area contributed by atoms with E-state index in [4.69, 9.17) is 5.11 Å². The standard InChI is InChI=1S/C15H19FN2O4/c1-8(2)6-13(15(21)22)18-14(20)11-7-10(17-9(3)19)4-5-12(11)16/h4-5,7-8,13H,6H2,1-3H3,(H,17,19)(H,18,20)(H,21,22)/t13-/m1/s1. The third-order valence-corrected chi connectivity index (χ3v) is 2.84. The Morgan fingerprint density at radius 1 is 1.27 bits per heavy atom. The molecule has 1 aromatic rings. The molecule has 1 aromatic carbocycles. The number of anilines is 1. The molecule has 3 N–H and O–H groups in total. The van der Waals surface area contributed by atoms with Gasteiger partial charge < -0.3 is 15.7 Å². The fraction of sp³-hybridized carbons (Fsp3) is 0.400. The monoisotopic (exact) mass is 310 g/mol. The molecular weight excluding hydrogens is 291 g/mol. The molecule has 6 nitrogen and oxygen atoms in total. The van der Waals surface area contributed by atoms with Crippen molar-refractivity contribution in [2.45, 2.75) is 33.2 Å². The molecule has 0 aliphatic carbocycles. The number of amides is 2. The van der Waals surface area contributed by atoms with Crippen LogP contribution < -0.4 is 10.6 Å². The molecule has 0 saturated heterocycles. The van der Waals surface area contributed by atoms with Crippen molar-refractivity contribution in [3.05, 3.63) is 29.6 Å². The van der Waals surface area contributed by atoms with E-state index in [0.717, 1.165) is 6.07 Å². The number of carboxylic acid groups (broad SMARTS) is 1. The van der Waals surface area contributed by atoms with Crippen LogP contribution in [0.5, 0.6) is 0 Å². The molecule has 0 heterocycles. The van der Waals surface area contributed by atoms with Gasteiger partial charge in [-0.25, -0.2) is 9.18 Å². The average Bonchev–Trinajstić information content (AvgIpc) is 2.38. The highest BCUT2D eigenvalue weighted by atomic mass is 19.1. The van der Waals surface area contributed by atoms with Crippen molar-refractivity contribution in [3.8, 4) is 0 Å². The summed E-state index contributed by atoms with van der Waals surface area (Å²) < 4.78 is 13.8. The van der Waals surface area contributed by atoms with E-state index in [9.17, 15) is 18.8 Å². The number of aliphatic carboxylic acids is 1. The molecule has 0 bridgehead atoms. The topological polar surface area (TPSA) is 95.5 Å². The van der Waals surface area contributed by atoms with E-state index < -0.39 is 23.7 Å². The van der Waals surface area contributed by atoms with Crippen LogP contribution in [-0.4, -0.2) is 28.9 Å². The molecule has 0 unspecified atom stereocenters.